The summed E-state index contributed by atoms with van der Waals surface area (Å²) in [7, 11) is 0. The lowest BCUT2D eigenvalue weighted by Crippen LogP contribution is -2.50. The third-order valence-electron chi connectivity index (χ3n) is 4.66. The molecule has 0 aromatic heterocycles. The summed E-state index contributed by atoms with van der Waals surface area (Å²) in [6.07, 6.45) is 0.498. The van der Waals surface area contributed by atoms with Gasteiger partial charge in [0.2, 0.25) is 5.91 Å². The second-order valence-corrected chi connectivity index (χ2v) is 7.89. The second-order valence-electron chi connectivity index (χ2n) is 7.02. The van der Waals surface area contributed by atoms with Crippen LogP contribution in [0.4, 0.5) is 0 Å². The van der Waals surface area contributed by atoms with Crippen LogP contribution in [0, 0.1) is 0 Å². The van der Waals surface area contributed by atoms with Gasteiger partial charge in [0, 0.05) is 40.9 Å². The van der Waals surface area contributed by atoms with Gasteiger partial charge in [0.15, 0.2) is 0 Å². The first-order valence-electron chi connectivity index (χ1n) is 8.44. The minimum absolute atomic E-state index is 0.0988. The first-order valence-corrected chi connectivity index (χ1v) is 9.19. The predicted octanol–water partition coefficient (Wildman–Crippen LogP) is 5.19. The lowest BCUT2D eigenvalue weighted by atomic mass is 9.81. The molecule has 1 amide bonds. The zero-order valence-corrected chi connectivity index (χ0v) is 16.1. The van der Waals surface area contributed by atoms with Crippen LogP contribution < -0.4 is 5.32 Å². The van der Waals surface area contributed by atoms with Crippen LogP contribution in [-0.2, 0) is 9.53 Å². The Balaban J connectivity index is 1.97. The first-order chi connectivity index (χ1) is 12.3. The van der Waals surface area contributed by atoms with Crippen molar-refractivity contribution in [2.24, 2.45) is 0 Å². The van der Waals surface area contributed by atoms with Crippen LogP contribution in [0.15, 0.2) is 42.5 Å². The Labute approximate surface area is 163 Å². The van der Waals surface area contributed by atoms with Crippen LogP contribution in [0.5, 0.6) is 5.75 Å². The number of carbonyl (C=O) groups excluding carboxylic acids is 1. The van der Waals surface area contributed by atoms with E-state index in [1.54, 1.807) is 18.2 Å². The number of hydrogen-bond acceptors (Lipinski definition) is 3. The first kappa shape index (κ1) is 19.0. The summed E-state index contributed by atoms with van der Waals surface area (Å²) >= 11 is 12.1. The van der Waals surface area contributed by atoms with Gasteiger partial charge in [-0.3, -0.25) is 4.79 Å². The van der Waals surface area contributed by atoms with Gasteiger partial charge in [-0.2, -0.15) is 0 Å². The molecule has 1 aliphatic rings. The molecule has 1 aliphatic heterocycles. The molecule has 26 heavy (non-hydrogen) atoms. The largest absolute Gasteiger partial charge is 0.508 e. The highest BCUT2D eigenvalue weighted by atomic mass is 35.5. The van der Waals surface area contributed by atoms with Crippen molar-refractivity contribution in [2.75, 3.05) is 0 Å². The normalized spacial score (nSPS) is 25.7. The molecule has 2 aromatic carbocycles. The highest BCUT2D eigenvalue weighted by Gasteiger charge is 2.40. The van der Waals surface area contributed by atoms with Crippen molar-refractivity contribution in [3.8, 4) is 5.75 Å². The van der Waals surface area contributed by atoms with E-state index >= 15 is 0 Å². The van der Waals surface area contributed by atoms with E-state index in [2.05, 4.69) is 5.32 Å². The lowest BCUT2D eigenvalue weighted by Gasteiger charge is -2.43. The number of hydrogen-bond donors (Lipinski definition) is 2. The van der Waals surface area contributed by atoms with Gasteiger partial charge in [0.1, 0.15) is 5.75 Å². The average Bonchev–Trinajstić information content (AvgIpc) is 2.56. The van der Waals surface area contributed by atoms with E-state index in [1.165, 1.54) is 6.92 Å². The van der Waals surface area contributed by atoms with Crippen LogP contribution in [0.1, 0.15) is 50.0 Å². The Kier molecular flexibility index (Phi) is 5.47. The topological polar surface area (TPSA) is 58.6 Å². The minimum Gasteiger partial charge on any atom is -0.508 e. The standard InChI is InChI=1S/C20H21Cl2NO3/c1-12(24)23-20(2)10-18(13-3-5-14(21)6-4-13)26-19(11-20)16-9-15(22)7-8-17(16)25/h3-9,18-19,25H,10-11H2,1-2H3,(H,23,24)/t18-,19+,20-/m0/s1. The third-order valence-corrected chi connectivity index (χ3v) is 5.14. The molecule has 2 N–H and O–H groups in total. The van der Waals surface area contributed by atoms with Gasteiger partial charge >= 0.3 is 0 Å². The van der Waals surface area contributed by atoms with Gasteiger partial charge in [-0.05, 0) is 42.8 Å². The van der Waals surface area contributed by atoms with E-state index < -0.39 is 11.6 Å². The highest BCUT2D eigenvalue weighted by molar-refractivity contribution is 6.30. The van der Waals surface area contributed by atoms with Crippen LogP contribution in [0.2, 0.25) is 10.0 Å². The summed E-state index contributed by atoms with van der Waals surface area (Å²) in [5, 5.41) is 14.5. The van der Waals surface area contributed by atoms with Gasteiger partial charge in [0.05, 0.1) is 12.2 Å². The fraction of sp³-hybridized carbons (Fsp3) is 0.350. The van der Waals surface area contributed by atoms with Crippen molar-refractivity contribution >= 4 is 29.1 Å². The molecular formula is C20H21Cl2NO3. The fourth-order valence-electron chi connectivity index (χ4n) is 3.56. The number of benzene rings is 2. The van der Waals surface area contributed by atoms with Crippen LogP contribution >= 0.6 is 23.2 Å². The molecule has 1 fully saturated rings. The van der Waals surface area contributed by atoms with Crippen molar-refractivity contribution in [3.05, 3.63) is 63.6 Å². The quantitative estimate of drug-likeness (QED) is 0.754. The maximum Gasteiger partial charge on any atom is 0.217 e. The Hall–Kier alpha value is -1.75. The van der Waals surface area contributed by atoms with E-state index in [0.29, 0.717) is 28.5 Å². The number of ether oxygens (including phenoxy) is 1. The number of nitrogens with one attached hydrogen (secondary N) is 1. The van der Waals surface area contributed by atoms with E-state index in [9.17, 15) is 9.90 Å². The molecule has 0 bridgehead atoms. The summed E-state index contributed by atoms with van der Waals surface area (Å²) < 4.78 is 6.30. The van der Waals surface area contributed by atoms with Gasteiger partial charge in [-0.1, -0.05) is 35.3 Å². The van der Waals surface area contributed by atoms with Crippen LogP contribution in [-0.4, -0.2) is 16.6 Å². The monoisotopic (exact) mass is 393 g/mol. The molecule has 0 aliphatic carbocycles. The zero-order chi connectivity index (χ0) is 18.9. The molecule has 1 heterocycles. The van der Waals surface area contributed by atoms with Gasteiger partial charge in [0.25, 0.3) is 0 Å². The Morgan fingerprint density at radius 1 is 1.12 bits per heavy atom. The molecule has 0 spiro atoms. The molecule has 1 saturated heterocycles. The van der Waals surface area contributed by atoms with Crippen LogP contribution in [0.25, 0.3) is 0 Å². The maximum absolute atomic E-state index is 11.7. The molecule has 3 atom stereocenters. The molecule has 0 unspecified atom stereocenters. The number of carbonyl (C=O) groups is 1. The zero-order valence-electron chi connectivity index (χ0n) is 14.6. The second kappa shape index (κ2) is 7.47. The van der Waals surface area contributed by atoms with Crippen molar-refractivity contribution in [1.29, 1.82) is 0 Å². The van der Waals surface area contributed by atoms with Crippen molar-refractivity contribution in [1.82, 2.24) is 5.32 Å². The SMILES string of the molecule is CC(=O)N[C@@]1(C)C[C@@H](c2ccc(Cl)cc2)O[C@@H](c2cc(Cl)ccc2O)C1. The summed E-state index contributed by atoms with van der Waals surface area (Å²) in [4.78, 5) is 11.7. The molecule has 0 radical (unpaired) electrons. The Bertz CT molecular complexity index is 809. The maximum atomic E-state index is 11.7. The van der Waals surface area contributed by atoms with Gasteiger partial charge in [-0.15, -0.1) is 0 Å². The summed E-state index contributed by atoms with van der Waals surface area (Å²) in [6.45, 7) is 3.50. The third kappa shape index (κ3) is 4.32. The van der Waals surface area contributed by atoms with E-state index in [4.69, 9.17) is 27.9 Å². The molecule has 138 valence electrons. The van der Waals surface area contributed by atoms with Crippen molar-refractivity contribution in [3.63, 3.8) is 0 Å². The fourth-order valence-corrected chi connectivity index (χ4v) is 3.87. The predicted molar refractivity (Wildman–Crippen MR) is 103 cm³/mol. The van der Waals surface area contributed by atoms with Crippen molar-refractivity contribution in [2.45, 2.75) is 44.4 Å². The highest BCUT2D eigenvalue weighted by Crippen LogP contribution is 2.46. The number of phenols is 1. The van der Waals surface area contributed by atoms with E-state index in [0.717, 1.165) is 5.56 Å². The number of phenolic OH excluding ortho intramolecular Hbond substituents is 1. The Morgan fingerprint density at radius 2 is 1.73 bits per heavy atom. The molecule has 2 aromatic rings. The summed E-state index contributed by atoms with van der Waals surface area (Å²) in [5.74, 6) is 0.0275. The van der Waals surface area contributed by atoms with E-state index in [1.807, 2.05) is 31.2 Å². The molecule has 4 nitrogen and oxygen atoms in total. The Morgan fingerprint density at radius 3 is 2.38 bits per heavy atom. The minimum atomic E-state index is -0.478. The number of halogens is 2. The smallest absolute Gasteiger partial charge is 0.217 e. The van der Waals surface area contributed by atoms with Crippen molar-refractivity contribution < 1.29 is 14.6 Å². The van der Waals surface area contributed by atoms with Gasteiger partial charge in [-0.25, -0.2) is 0 Å². The van der Waals surface area contributed by atoms with Gasteiger partial charge < -0.3 is 15.2 Å². The number of aromatic hydroxyl groups is 1. The average molecular weight is 394 g/mol. The molecule has 6 heteroatoms. The van der Waals surface area contributed by atoms with E-state index in [-0.39, 0.29) is 17.8 Å². The summed E-state index contributed by atoms with van der Waals surface area (Å²) in [5.41, 5.74) is 1.11. The molecular weight excluding hydrogens is 373 g/mol. The molecule has 3 rings (SSSR count). The summed E-state index contributed by atoms with van der Waals surface area (Å²) in [6, 6.07) is 12.4. The lowest BCUT2D eigenvalue weighted by molar-refractivity contribution is -0.126. The number of amides is 1. The van der Waals surface area contributed by atoms with Crippen LogP contribution in [0.3, 0.4) is 0 Å². The number of rotatable bonds is 3. The molecule has 0 saturated carbocycles.